The molecule has 1 aromatic heterocycles. The number of carboxylic acid groups (broad SMARTS) is 1. The number of aromatic carboxylic acids is 1. The summed E-state index contributed by atoms with van der Waals surface area (Å²) >= 11 is 6.12. The molecule has 1 fully saturated rings. The normalized spacial score (nSPS) is 15.3. The molecule has 0 atom stereocenters. The molecule has 1 saturated heterocycles. The smallest absolute Gasteiger partial charge is 0.416 e. The topological polar surface area (TPSA) is 99.9 Å². The van der Waals surface area contributed by atoms with Crippen molar-refractivity contribution in [3.05, 3.63) is 82.1 Å². The molecular weight excluding hydrogens is 465 g/mol. The molecule has 1 aliphatic rings. The molecule has 1 aliphatic heterocycles. The van der Waals surface area contributed by atoms with Crippen LogP contribution in [0.4, 0.5) is 18.9 Å². The van der Waals surface area contributed by atoms with Crippen LogP contribution in [0.1, 0.15) is 21.7 Å². The highest BCUT2D eigenvalue weighted by Crippen LogP contribution is 2.33. The Morgan fingerprint density at radius 1 is 1.09 bits per heavy atom. The molecule has 0 aliphatic carbocycles. The van der Waals surface area contributed by atoms with Gasteiger partial charge in [0.15, 0.2) is 0 Å². The van der Waals surface area contributed by atoms with Crippen LogP contribution in [-0.4, -0.2) is 22.9 Å². The van der Waals surface area contributed by atoms with E-state index >= 15 is 0 Å². The molecule has 0 spiro atoms. The third-order valence-electron chi connectivity index (χ3n) is 4.72. The number of benzene rings is 2. The molecule has 168 valence electrons. The molecule has 0 saturated carbocycles. The number of hydrogen-bond acceptors (Lipinski definition) is 4. The van der Waals surface area contributed by atoms with Crippen LogP contribution in [0, 0.1) is 0 Å². The molecule has 4 rings (SSSR count). The standard InChI is InChI=1S/C22H12ClF3N2O5/c23-17-6-4-11(21(31)32)8-15(17)18-7-5-14(33-18)10-16-19(29)27-28(20(16)30)13-3-1-2-12(9-13)22(24,25)26/h1-10H,(H,27,29)(H,31,32)/b16-10+. The van der Waals surface area contributed by atoms with Gasteiger partial charge in [-0.15, -0.1) is 0 Å². The van der Waals surface area contributed by atoms with E-state index in [2.05, 4.69) is 5.43 Å². The number of hydrogen-bond donors (Lipinski definition) is 2. The number of nitrogens with one attached hydrogen (secondary N) is 1. The van der Waals surface area contributed by atoms with Gasteiger partial charge in [0.05, 0.1) is 21.8 Å². The second-order valence-electron chi connectivity index (χ2n) is 6.89. The van der Waals surface area contributed by atoms with E-state index in [0.717, 1.165) is 24.3 Å². The van der Waals surface area contributed by atoms with Crippen LogP contribution in [-0.2, 0) is 15.8 Å². The van der Waals surface area contributed by atoms with Gasteiger partial charge in [-0.1, -0.05) is 17.7 Å². The molecule has 3 aromatic rings. The maximum Gasteiger partial charge on any atom is 0.416 e. The average molecular weight is 477 g/mol. The first-order valence-corrected chi connectivity index (χ1v) is 9.60. The minimum Gasteiger partial charge on any atom is -0.478 e. The molecule has 33 heavy (non-hydrogen) atoms. The van der Waals surface area contributed by atoms with Crippen molar-refractivity contribution < 1.29 is 37.1 Å². The van der Waals surface area contributed by atoms with Crippen LogP contribution in [0.25, 0.3) is 17.4 Å². The van der Waals surface area contributed by atoms with Crippen LogP contribution in [0.2, 0.25) is 5.02 Å². The second kappa shape index (κ2) is 8.14. The van der Waals surface area contributed by atoms with Crippen LogP contribution >= 0.6 is 11.6 Å². The largest absolute Gasteiger partial charge is 0.478 e. The van der Waals surface area contributed by atoms with E-state index < -0.39 is 29.5 Å². The number of rotatable bonds is 4. The Kier molecular flexibility index (Phi) is 5.46. The SMILES string of the molecule is O=C1NN(c2cccc(C(F)(F)F)c2)C(=O)/C1=C/c1ccc(-c2cc(C(=O)O)ccc2Cl)o1. The summed E-state index contributed by atoms with van der Waals surface area (Å²) in [5.74, 6) is -2.60. The number of nitrogens with zero attached hydrogens (tertiary/aromatic N) is 1. The quantitative estimate of drug-likeness (QED) is 0.417. The van der Waals surface area contributed by atoms with Crippen molar-refractivity contribution in [3.63, 3.8) is 0 Å². The molecule has 0 bridgehead atoms. The van der Waals surface area contributed by atoms with E-state index in [1.165, 1.54) is 36.4 Å². The van der Waals surface area contributed by atoms with Gasteiger partial charge in [0, 0.05) is 5.56 Å². The molecule has 2 aromatic carbocycles. The highest BCUT2D eigenvalue weighted by Gasteiger charge is 2.37. The fraction of sp³-hybridized carbons (Fsp3) is 0.0455. The number of alkyl halides is 3. The van der Waals surface area contributed by atoms with E-state index in [9.17, 15) is 27.6 Å². The van der Waals surface area contributed by atoms with Crippen molar-refractivity contribution >= 4 is 41.1 Å². The zero-order valence-electron chi connectivity index (χ0n) is 16.3. The van der Waals surface area contributed by atoms with Gasteiger partial charge in [0.1, 0.15) is 17.1 Å². The number of carbonyl (C=O) groups excluding carboxylic acids is 2. The number of amides is 2. The van der Waals surface area contributed by atoms with Crippen molar-refractivity contribution in [1.82, 2.24) is 5.43 Å². The van der Waals surface area contributed by atoms with Crippen LogP contribution in [0.3, 0.4) is 0 Å². The van der Waals surface area contributed by atoms with Gasteiger partial charge in [-0.25, -0.2) is 9.80 Å². The fourth-order valence-electron chi connectivity index (χ4n) is 3.13. The van der Waals surface area contributed by atoms with Gasteiger partial charge in [0.25, 0.3) is 11.8 Å². The van der Waals surface area contributed by atoms with Gasteiger partial charge in [-0.2, -0.15) is 13.2 Å². The fourth-order valence-corrected chi connectivity index (χ4v) is 3.34. The minimum atomic E-state index is -4.62. The molecule has 0 radical (unpaired) electrons. The zero-order chi connectivity index (χ0) is 23.9. The number of hydrazine groups is 1. The summed E-state index contributed by atoms with van der Waals surface area (Å²) in [5.41, 5.74) is 0.982. The van der Waals surface area contributed by atoms with Gasteiger partial charge in [0.2, 0.25) is 0 Å². The average Bonchev–Trinajstić information content (AvgIpc) is 3.33. The molecule has 7 nitrogen and oxygen atoms in total. The van der Waals surface area contributed by atoms with Gasteiger partial charge in [-0.05, 0) is 54.6 Å². The number of furan rings is 1. The first kappa shape index (κ1) is 22.2. The lowest BCUT2D eigenvalue weighted by Crippen LogP contribution is -2.35. The maximum absolute atomic E-state index is 13.0. The van der Waals surface area contributed by atoms with E-state index in [4.69, 9.17) is 21.1 Å². The summed E-state index contributed by atoms with van der Waals surface area (Å²) in [6.07, 6.45) is -3.49. The molecule has 2 heterocycles. The van der Waals surface area contributed by atoms with Gasteiger partial charge < -0.3 is 9.52 Å². The molecular formula is C22H12ClF3N2O5. The summed E-state index contributed by atoms with van der Waals surface area (Å²) in [6, 6.07) is 10.9. The number of carbonyl (C=O) groups is 3. The minimum absolute atomic E-state index is 0.0206. The van der Waals surface area contributed by atoms with Crippen LogP contribution in [0.5, 0.6) is 0 Å². The Morgan fingerprint density at radius 2 is 1.85 bits per heavy atom. The summed E-state index contributed by atoms with van der Waals surface area (Å²) in [6.45, 7) is 0. The maximum atomic E-state index is 13.0. The van der Waals surface area contributed by atoms with Crippen molar-refractivity contribution in [2.45, 2.75) is 6.18 Å². The van der Waals surface area contributed by atoms with E-state index in [0.29, 0.717) is 5.01 Å². The summed E-state index contributed by atoms with van der Waals surface area (Å²) < 4.78 is 44.5. The number of carboxylic acids is 1. The molecule has 11 heteroatoms. The summed E-state index contributed by atoms with van der Waals surface area (Å²) in [5, 5.41) is 10.1. The Bertz CT molecular complexity index is 1330. The van der Waals surface area contributed by atoms with Crippen LogP contribution < -0.4 is 10.4 Å². The Hall–Kier alpha value is -4.05. The molecule has 0 unspecified atom stereocenters. The number of anilines is 1. The summed E-state index contributed by atoms with van der Waals surface area (Å²) in [4.78, 5) is 36.2. The first-order chi connectivity index (χ1) is 15.5. The van der Waals surface area contributed by atoms with Crippen LogP contribution in [0.15, 0.2) is 64.6 Å². The van der Waals surface area contributed by atoms with E-state index in [-0.39, 0.29) is 38.9 Å². The highest BCUT2D eigenvalue weighted by molar-refractivity contribution is 6.33. The second-order valence-corrected chi connectivity index (χ2v) is 7.30. The Labute approximate surface area is 188 Å². The first-order valence-electron chi connectivity index (χ1n) is 9.22. The van der Waals surface area contributed by atoms with E-state index in [1.807, 2.05) is 0 Å². The van der Waals surface area contributed by atoms with Gasteiger partial charge in [-0.3, -0.25) is 15.0 Å². The lowest BCUT2D eigenvalue weighted by Gasteiger charge is -2.16. The number of halogens is 4. The third kappa shape index (κ3) is 4.33. The lowest BCUT2D eigenvalue weighted by atomic mass is 10.1. The Balaban J connectivity index is 1.63. The molecule has 2 amide bonds. The summed E-state index contributed by atoms with van der Waals surface area (Å²) in [7, 11) is 0. The van der Waals surface area contributed by atoms with Crippen molar-refractivity contribution in [2.75, 3.05) is 5.01 Å². The predicted octanol–water partition coefficient (Wildman–Crippen LogP) is 4.78. The predicted molar refractivity (Wildman–Crippen MR) is 111 cm³/mol. The van der Waals surface area contributed by atoms with E-state index in [1.54, 1.807) is 0 Å². The zero-order valence-corrected chi connectivity index (χ0v) is 17.1. The van der Waals surface area contributed by atoms with Gasteiger partial charge >= 0.3 is 12.1 Å². The van der Waals surface area contributed by atoms with Crippen molar-refractivity contribution in [1.29, 1.82) is 0 Å². The lowest BCUT2D eigenvalue weighted by molar-refractivity contribution is -0.137. The monoisotopic (exact) mass is 476 g/mol. The highest BCUT2D eigenvalue weighted by atomic mass is 35.5. The third-order valence-corrected chi connectivity index (χ3v) is 5.04. The van der Waals surface area contributed by atoms with Crippen molar-refractivity contribution in [3.8, 4) is 11.3 Å². The van der Waals surface area contributed by atoms with Crippen molar-refractivity contribution in [2.24, 2.45) is 0 Å². The Morgan fingerprint density at radius 3 is 2.55 bits per heavy atom. The molecule has 2 N–H and O–H groups in total.